The Kier molecular flexibility index (Phi) is 8.34. The minimum Gasteiger partial charge on any atom is -0.490 e. The number of furan rings is 1. The molecule has 0 radical (unpaired) electrons. The fraction of sp³-hybridized carbons (Fsp3) is 0.233. The van der Waals surface area contributed by atoms with Gasteiger partial charge in [0.1, 0.15) is 23.3 Å². The summed E-state index contributed by atoms with van der Waals surface area (Å²) in [7, 11) is 0. The van der Waals surface area contributed by atoms with Crippen LogP contribution in [0.1, 0.15) is 43.7 Å². The number of carbonyl (C=O) groups excluding carboxylic acids is 1. The molecule has 2 aromatic heterocycles. The Bertz CT molecular complexity index is 1850. The van der Waals surface area contributed by atoms with Crippen molar-refractivity contribution in [3.05, 3.63) is 113 Å². The average Bonchev–Trinajstić information content (AvgIpc) is 3.59. The SMILES string of the molecule is CCOC(=O)C1=C(C)n2c(s/c(=C\c3ccc(OCc4ccccc4)c(OCC)c3)c2=O)=N[C@H]1c1ccc([N+](=O)[O-])o1. The fourth-order valence-corrected chi connectivity index (χ4v) is 5.54. The smallest absolute Gasteiger partial charge is 0.433 e. The molecule has 0 saturated carbocycles. The summed E-state index contributed by atoms with van der Waals surface area (Å²) in [6.45, 7) is 6.03. The standard InChI is InChI=1S/C30H27N3O8S/c1-4-38-23-15-20(11-12-21(23)40-17-19-9-7-6-8-10-19)16-24-28(34)32-18(3)26(29(35)39-5-2)27(31-30(32)42-24)22-13-14-25(41-22)33(36)37/h6-16,27H,4-5,17H2,1-3H3/b24-16-/t27-/m0/s1. The van der Waals surface area contributed by atoms with Crippen LogP contribution in [0.15, 0.2) is 80.4 Å². The zero-order valence-corrected chi connectivity index (χ0v) is 23.9. The molecule has 42 heavy (non-hydrogen) atoms. The Labute approximate surface area is 243 Å². The lowest BCUT2D eigenvalue weighted by molar-refractivity contribution is -0.402. The van der Waals surface area contributed by atoms with Crippen LogP contribution in [0.4, 0.5) is 5.88 Å². The molecule has 216 valence electrons. The van der Waals surface area contributed by atoms with Gasteiger partial charge >= 0.3 is 11.9 Å². The quantitative estimate of drug-likeness (QED) is 0.151. The van der Waals surface area contributed by atoms with Crippen molar-refractivity contribution >= 4 is 35.0 Å². The monoisotopic (exact) mass is 589 g/mol. The molecule has 3 heterocycles. The molecule has 0 N–H and O–H groups in total. The third-order valence-electron chi connectivity index (χ3n) is 6.40. The molecule has 2 aromatic carbocycles. The van der Waals surface area contributed by atoms with E-state index >= 15 is 0 Å². The van der Waals surface area contributed by atoms with Crippen LogP contribution < -0.4 is 24.4 Å². The van der Waals surface area contributed by atoms with E-state index in [9.17, 15) is 19.7 Å². The van der Waals surface area contributed by atoms with Gasteiger partial charge in [-0.15, -0.1) is 0 Å². The predicted octanol–water partition coefficient (Wildman–Crippen LogP) is 4.39. The first-order chi connectivity index (χ1) is 20.3. The maximum Gasteiger partial charge on any atom is 0.433 e. The molecule has 11 nitrogen and oxygen atoms in total. The average molecular weight is 590 g/mol. The lowest BCUT2D eigenvalue weighted by Crippen LogP contribution is -2.35. The summed E-state index contributed by atoms with van der Waals surface area (Å²) in [5, 5.41) is 11.2. The lowest BCUT2D eigenvalue weighted by atomic mass is 10.0. The van der Waals surface area contributed by atoms with Crippen LogP contribution in [0.5, 0.6) is 11.5 Å². The van der Waals surface area contributed by atoms with Crippen LogP contribution in [-0.4, -0.2) is 28.7 Å². The van der Waals surface area contributed by atoms with Crippen molar-refractivity contribution in [1.29, 1.82) is 0 Å². The molecule has 1 aliphatic rings. The number of rotatable bonds is 10. The number of nitrogens with zero attached hydrogens (tertiary/aromatic N) is 3. The number of benzene rings is 2. The number of fused-ring (bicyclic) bond motifs is 1. The van der Waals surface area contributed by atoms with Gasteiger partial charge in [0.15, 0.2) is 16.3 Å². The molecule has 0 unspecified atom stereocenters. The highest BCUT2D eigenvalue weighted by Gasteiger charge is 2.34. The first-order valence-corrected chi connectivity index (χ1v) is 14.0. The van der Waals surface area contributed by atoms with Crippen LogP contribution in [-0.2, 0) is 16.1 Å². The summed E-state index contributed by atoms with van der Waals surface area (Å²) in [5.74, 6) is 0.0287. The van der Waals surface area contributed by atoms with Gasteiger partial charge in [-0.1, -0.05) is 47.7 Å². The number of thiazole rings is 1. The highest BCUT2D eigenvalue weighted by Crippen LogP contribution is 2.35. The number of allylic oxidation sites excluding steroid dienone is 1. The van der Waals surface area contributed by atoms with Gasteiger partial charge < -0.3 is 18.6 Å². The minimum absolute atomic E-state index is 0.0681. The van der Waals surface area contributed by atoms with Crippen molar-refractivity contribution in [2.75, 3.05) is 13.2 Å². The van der Waals surface area contributed by atoms with E-state index in [-0.39, 0.29) is 23.5 Å². The Hall–Kier alpha value is -4.97. The number of esters is 1. The number of hydrogen-bond acceptors (Lipinski definition) is 10. The highest BCUT2D eigenvalue weighted by molar-refractivity contribution is 7.07. The predicted molar refractivity (Wildman–Crippen MR) is 155 cm³/mol. The summed E-state index contributed by atoms with van der Waals surface area (Å²) < 4.78 is 24.1. The van der Waals surface area contributed by atoms with E-state index in [0.717, 1.165) is 16.9 Å². The third-order valence-corrected chi connectivity index (χ3v) is 7.39. The van der Waals surface area contributed by atoms with E-state index < -0.39 is 22.8 Å². The fourth-order valence-electron chi connectivity index (χ4n) is 4.50. The third kappa shape index (κ3) is 5.75. The van der Waals surface area contributed by atoms with E-state index in [1.165, 1.54) is 16.7 Å². The second-order valence-corrected chi connectivity index (χ2v) is 10.1. The van der Waals surface area contributed by atoms with E-state index in [0.29, 0.717) is 45.3 Å². The van der Waals surface area contributed by atoms with Gasteiger partial charge in [0.25, 0.3) is 5.56 Å². The molecule has 0 bridgehead atoms. The topological polar surface area (TPSA) is 135 Å². The normalized spacial score (nSPS) is 14.7. The van der Waals surface area contributed by atoms with Gasteiger partial charge in [0, 0.05) is 5.70 Å². The van der Waals surface area contributed by atoms with Crippen molar-refractivity contribution in [1.82, 2.24) is 4.57 Å². The number of ether oxygens (including phenoxy) is 3. The number of nitro groups is 1. The molecule has 0 aliphatic carbocycles. The molecule has 0 saturated heterocycles. The van der Waals surface area contributed by atoms with Crippen molar-refractivity contribution < 1.29 is 28.3 Å². The first-order valence-electron chi connectivity index (χ1n) is 13.2. The Morgan fingerprint density at radius 2 is 1.88 bits per heavy atom. The summed E-state index contributed by atoms with van der Waals surface area (Å²) in [4.78, 5) is 42.0. The Morgan fingerprint density at radius 1 is 1.10 bits per heavy atom. The molecule has 1 aliphatic heterocycles. The minimum atomic E-state index is -1.02. The van der Waals surface area contributed by atoms with Crippen molar-refractivity contribution in [2.45, 2.75) is 33.4 Å². The Morgan fingerprint density at radius 3 is 2.57 bits per heavy atom. The molecule has 4 aromatic rings. The van der Waals surface area contributed by atoms with Crippen LogP contribution in [0.2, 0.25) is 0 Å². The van der Waals surface area contributed by atoms with Crippen LogP contribution in [0.25, 0.3) is 11.8 Å². The van der Waals surface area contributed by atoms with E-state index in [2.05, 4.69) is 4.99 Å². The second kappa shape index (κ2) is 12.3. The van der Waals surface area contributed by atoms with Gasteiger partial charge in [-0.25, -0.2) is 9.79 Å². The summed E-state index contributed by atoms with van der Waals surface area (Å²) >= 11 is 1.12. The van der Waals surface area contributed by atoms with Crippen molar-refractivity contribution in [3.8, 4) is 11.5 Å². The number of hydrogen-bond donors (Lipinski definition) is 0. The summed E-state index contributed by atoms with van der Waals surface area (Å²) in [6.07, 6.45) is 1.71. The van der Waals surface area contributed by atoms with Gasteiger partial charge in [-0.05, 0) is 56.2 Å². The number of aromatic nitrogens is 1. The largest absolute Gasteiger partial charge is 0.490 e. The molecule has 0 amide bonds. The van der Waals surface area contributed by atoms with Crippen LogP contribution in [0, 0.1) is 10.1 Å². The van der Waals surface area contributed by atoms with Gasteiger partial charge in [0.05, 0.1) is 29.4 Å². The van der Waals surface area contributed by atoms with Gasteiger partial charge in [-0.2, -0.15) is 0 Å². The lowest BCUT2D eigenvalue weighted by Gasteiger charge is -2.20. The second-order valence-electron chi connectivity index (χ2n) is 9.13. The zero-order valence-electron chi connectivity index (χ0n) is 23.1. The van der Waals surface area contributed by atoms with E-state index in [1.807, 2.05) is 43.3 Å². The first kappa shape index (κ1) is 28.6. The summed E-state index contributed by atoms with van der Waals surface area (Å²) in [5.41, 5.74) is 1.72. The van der Waals surface area contributed by atoms with E-state index in [1.54, 1.807) is 32.1 Å². The van der Waals surface area contributed by atoms with Crippen LogP contribution >= 0.6 is 11.3 Å². The highest BCUT2D eigenvalue weighted by atomic mass is 32.1. The maximum absolute atomic E-state index is 13.6. The van der Waals surface area contributed by atoms with Crippen molar-refractivity contribution in [2.24, 2.45) is 4.99 Å². The molecule has 0 fully saturated rings. The number of carbonyl (C=O) groups is 1. The molecule has 12 heteroatoms. The molecule has 0 spiro atoms. The Balaban J connectivity index is 1.56. The molecule has 5 rings (SSSR count). The van der Waals surface area contributed by atoms with E-state index in [4.69, 9.17) is 18.6 Å². The molecular formula is C30H27N3O8S. The summed E-state index contributed by atoms with van der Waals surface area (Å²) in [6, 6.07) is 16.7. The zero-order chi connectivity index (χ0) is 29.8. The molecule has 1 atom stereocenters. The molecular weight excluding hydrogens is 562 g/mol. The van der Waals surface area contributed by atoms with Crippen molar-refractivity contribution in [3.63, 3.8) is 0 Å². The van der Waals surface area contributed by atoms with Gasteiger partial charge in [-0.3, -0.25) is 19.5 Å². The van der Waals surface area contributed by atoms with Gasteiger partial charge in [0.2, 0.25) is 0 Å². The van der Waals surface area contributed by atoms with Crippen LogP contribution in [0.3, 0.4) is 0 Å². The maximum atomic E-state index is 13.6.